The molecular formula is C32H46O. The van der Waals surface area contributed by atoms with Crippen molar-refractivity contribution < 1.29 is 5.11 Å². The lowest BCUT2D eigenvalue weighted by molar-refractivity contribution is -0.176. The molecule has 0 aromatic heterocycles. The summed E-state index contributed by atoms with van der Waals surface area (Å²) in [5, 5.41) is 9.82. The number of phenolic OH excluding ortho intramolecular Hbond substituents is 1. The van der Waals surface area contributed by atoms with Crippen LogP contribution >= 0.6 is 0 Å². The average Bonchev–Trinajstić information content (AvgIpc) is 3.16. The summed E-state index contributed by atoms with van der Waals surface area (Å²) in [6.07, 6.45) is 17.1. The predicted molar refractivity (Wildman–Crippen MR) is 138 cm³/mol. The molecule has 4 unspecified atom stereocenters. The van der Waals surface area contributed by atoms with Crippen molar-refractivity contribution in [1.29, 1.82) is 0 Å². The van der Waals surface area contributed by atoms with E-state index in [0.717, 1.165) is 29.6 Å². The van der Waals surface area contributed by atoms with Gasteiger partial charge in [0.1, 0.15) is 5.75 Å². The number of hydrogen-bond donors (Lipinski definition) is 1. The first-order chi connectivity index (χ1) is 15.6. The van der Waals surface area contributed by atoms with E-state index in [2.05, 4.69) is 52.8 Å². The van der Waals surface area contributed by atoms with E-state index in [1.165, 1.54) is 75.3 Å². The van der Waals surface area contributed by atoms with Crippen LogP contribution in [0.2, 0.25) is 0 Å². The third kappa shape index (κ3) is 2.96. The third-order valence-corrected chi connectivity index (χ3v) is 12.7. The maximum atomic E-state index is 9.82. The summed E-state index contributed by atoms with van der Waals surface area (Å²) in [6.45, 7) is 13.1. The topological polar surface area (TPSA) is 20.2 Å². The molecule has 0 radical (unpaired) electrons. The molecule has 4 saturated carbocycles. The van der Waals surface area contributed by atoms with Gasteiger partial charge in [-0.15, -0.1) is 0 Å². The second-order valence-corrected chi connectivity index (χ2v) is 14.3. The van der Waals surface area contributed by atoms with E-state index in [-0.39, 0.29) is 5.41 Å². The second-order valence-electron chi connectivity index (χ2n) is 14.3. The number of rotatable bonds is 1. The predicted octanol–water partition coefficient (Wildman–Crippen LogP) is 8.87. The molecule has 6 rings (SSSR count). The summed E-state index contributed by atoms with van der Waals surface area (Å²) in [5.41, 5.74) is 4.63. The first-order valence-corrected chi connectivity index (χ1v) is 14.1. The molecule has 0 saturated heterocycles. The van der Waals surface area contributed by atoms with Crippen LogP contribution in [0.1, 0.15) is 104 Å². The van der Waals surface area contributed by atoms with Crippen LogP contribution in [0.15, 0.2) is 30.3 Å². The molecule has 1 heteroatoms. The minimum absolute atomic E-state index is 0.179. The van der Waals surface area contributed by atoms with Crippen LogP contribution in [-0.4, -0.2) is 5.11 Å². The largest absolute Gasteiger partial charge is 0.508 e. The zero-order chi connectivity index (χ0) is 23.2. The Morgan fingerprint density at radius 1 is 0.727 bits per heavy atom. The number of benzene rings is 1. The van der Waals surface area contributed by atoms with Gasteiger partial charge in [-0.1, -0.05) is 59.2 Å². The van der Waals surface area contributed by atoms with E-state index in [9.17, 15) is 5.11 Å². The van der Waals surface area contributed by atoms with Crippen LogP contribution in [0.5, 0.6) is 5.75 Å². The molecule has 33 heavy (non-hydrogen) atoms. The van der Waals surface area contributed by atoms with E-state index in [1.54, 1.807) is 0 Å². The smallest absolute Gasteiger partial charge is 0.115 e. The molecule has 1 aromatic carbocycles. The van der Waals surface area contributed by atoms with Crippen LogP contribution in [0.3, 0.4) is 0 Å². The molecule has 1 N–H and O–H groups in total. The lowest BCUT2D eigenvalue weighted by Gasteiger charge is -2.68. The summed E-state index contributed by atoms with van der Waals surface area (Å²) in [5.74, 6) is 4.97. The van der Waals surface area contributed by atoms with Crippen molar-refractivity contribution in [3.8, 4) is 5.75 Å². The molecule has 1 nitrogen and oxygen atoms in total. The van der Waals surface area contributed by atoms with Crippen LogP contribution in [-0.2, 0) is 0 Å². The van der Waals surface area contributed by atoms with Crippen molar-refractivity contribution in [2.45, 2.75) is 98.8 Å². The van der Waals surface area contributed by atoms with Gasteiger partial charge in [-0.25, -0.2) is 0 Å². The van der Waals surface area contributed by atoms with Gasteiger partial charge in [0.05, 0.1) is 0 Å². The molecule has 0 bridgehead atoms. The number of fused-ring (bicyclic) bond motifs is 7. The molecule has 5 aliphatic carbocycles. The van der Waals surface area contributed by atoms with E-state index in [1.807, 2.05) is 12.1 Å². The Balaban J connectivity index is 1.34. The van der Waals surface area contributed by atoms with Gasteiger partial charge in [0.25, 0.3) is 0 Å². The maximum Gasteiger partial charge on any atom is 0.115 e. The fraction of sp³-hybridized carbons (Fsp3) is 0.750. The quantitative estimate of drug-likeness (QED) is 0.456. The molecule has 4 fully saturated rings. The highest BCUT2D eigenvalue weighted by atomic mass is 16.3. The van der Waals surface area contributed by atoms with E-state index in [4.69, 9.17) is 0 Å². The molecule has 0 amide bonds. The Kier molecular flexibility index (Phi) is 4.81. The number of aromatic hydroxyl groups is 1. The number of phenols is 1. The maximum absolute atomic E-state index is 9.82. The van der Waals surface area contributed by atoms with Crippen LogP contribution in [0.25, 0.3) is 5.57 Å². The molecule has 0 heterocycles. The van der Waals surface area contributed by atoms with Gasteiger partial charge in [-0.2, -0.15) is 0 Å². The van der Waals surface area contributed by atoms with Gasteiger partial charge in [-0.05, 0) is 132 Å². The van der Waals surface area contributed by atoms with Gasteiger partial charge < -0.3 is 5.11 Å². The summed E-state index contributed by atoms with van der Waals surface area (Å²) in [4.78, 5) is 0. The Morgan fingerprint density at radius 3 is 2.24 bits per heavy atom. The van der Waals surface area contributed by atoms with Crippen LogP contribution in [0.4, 0.5) is 0 Å². The van der Waals surface area contributed by atoms with Crippen molar-refractivity contribution in [2.24, 2.45) is 51.2 Å². The van der Waals surface area contributed by atoms with E-state index >= 15 is 0 Å². The van der Waals surface area contributed by atoms with Crippen molar-refractivity contribution >= 4 is 5.57 Å². The lowest BCUT2D eigenvalue weighted by atomic mass is 9.36. The first-order valence-electron chi connectivity index (χ1n) is 14.1. The fourth-order valence-corrected chi connectivity index (χ4v) is 11.3. The fourth-order valence-electron chi connectivity index (χ4n) is 11.3. The SMILES string of the molecule is CC1(C)C(c2ccc(O)cc2)=CC[C@@]2(C)C1CC[C@@]1(C)C3CC[C@@]4(C)CCCC4[C@H]3CCC12. The van der Waals surface area contributed by atoms with Gasteiger partial charge in [0.15, 0.2) is 0 Å². The summed E-state index contributed by atoms with van der Waals surface area (Å²) < 4.78 is 0. The van der Waals surface area contributed by atoms with Crippen molar-refractivity contribution in [3.63, 3.8) is 0 Å². The summed E-state index contributed by atoms with van der Waals surface area (Å²) >= 11 is 0. The van der Waals surface area contributed by atoms with Gasteiger partial charge >= 0.3 is 0 Å². The average molecular weight is 447 g/mol. The van der Waals surface area contributed by atoms with Crippen LogP contribution in [0, 0.1) is 51.2 Å². The highest BCUT2D eigenvalue weighted by Crippen LogP contribution is 2.73. The number of hydrogen-bond acceptors (Lipinski definition) is 1. The van der Waals surface area contributed by atoms with E-state index in [0.29, 0.717) is 22.0 Å². The zero-order valence-corrected chi connectivity index (χ0v) is 21.8. The van der Waals surface area contributed by atoms with Crippen molar-refractivity contribution in [2.75, 3.05) is 0 Å². The highest BCUT2D eigenvalue weighted by molar-refractivity contribution is 5.72. The van der Waals surface area contributed by atoms with Gasteiger partial charge in [0.2, 0.25) is 0 Å². The van der Waals surface area contributed by atoms with Crippen molar-refractivity contribution in [1.82, 2.24) is 0 Å². The summed E-state index contributed by atoms with van der Waals surface area (Å²) in [6, 6.07) is 7.98. The Hall–Kier alpha value is -1.24. The molecule has 0 spiro atoms. The minimum atomic E-state index is 0.179. The first kappa shape index (κ1) is 22.2. The third-order valence-electron chi connectivity index (χ3n) is 12.7. The minimum Gasteiger partial charge on any atom is -0.508 e. The normalized spacial score (nSPS) is 48.2. The highest BCUT2D eigenvalue weighted by Gasteiger charge is 2.64. The Bertz CT molecular complexity index is 955. The molecule has 8 atom stereocenters. The molecule has 0 aliphatic heterocycles. The monoisotopic (exact) mass is 446 g/mol. The molecule has 5 aliphatic rings. The molecular weight excluding hydrogens is 400 g/mol. The molecule has 180 valence electrons. The molecule has 1 aromatic rings. The van der Waals surface area contributed by atoms with E-state index < -0.39 is 0 Å². The Morgan fingerprint density at radius 2 is 1.48 bits per heavy atom. The van der Waals surface area contributed by atoms with Crippen molar-refractivity contribution in [3.05, 3.63) is 35.9 Å². The zero-order valence-electron chi connectivity index (χ0n) is 21.8. The standard InChI is InChI=1S/C32H46O/c1-29(2)24(21-8-10-22(33)11-9-21)15-19-32(5)27(29)16-20-31(4)26-14-18-30(3)17-6-7-25(30)23(26)12-13-28(31)32/h8-11,15,23,25-28,33H,6-7,12-14,16-20H2,1-5H3/t23-,25?,26?,27?,28?,30-,31+,32+/m1/s1. The lowest BCUT2D eigenvalue weighted by Crippen LogP contribution is -2.60. The van der Waals surface area contributed by atoms with Crippen LogP contribution < -0.4 is 0 Å². The Labute approximate surface area is 202 Å². The number of allylic oxidation sites excluding steroid dienone is 2. The summed E-state index contributed by atoms with van der Waals surface area (Å²) in [7, 11) is 0. The van der Waals surface area contributed by atoms with Gasteiger partial charge in [0, 0.05) is 0 Å². The second kappa shape index (κ2) is 7.14. The van der Waals surface area contributed by atoms with Gasteiger partial charge in [-0.3, -0.25) is 0 Å².